The lowest BCUT2D eigenvalue weighted by Gasteiger charge is -2.08. The number of aromatic nitrogens is 3. The maximum atomic E-state index is 12.7. The number of aromatic amines is 1. The van der Waals surface area contributed by atoms with Gasteiger partial charge in [0.15, 0.2) is 5.82 Å². The largest absolute Gasteiger partial charge is 0.459 e. The predicted molar refractivity (Wildman–Crippen MR) is 106 cm³/mol. The molecule has 7 heteroatoms. The molecule has 0 saturated heterocycles. The summed E-state index contributed by atoms with van der Waals surface area (Å²) in [4.78, 5) is 36.5. The maximum Gasteiger partial charge on any atom is 0.340 e. The zero-order chi connectivity index (χ0) is 20.3. The molecule has 1 aromatic carbocycles. The third kappa shape index (κ3) is 4.09. The minimum absolute atomic E-state index is 0.237. The topological polar surface area (TPSA) is 97.0 Å². The Morgan fingerprint density at radius 2 is 1.71 bits per heavy atom. The van der Waals surface area contributed by atoms with Crippen molar-refractivity contribution in [1.82, 2.24) is 15.0 Å². The van der Waals surface area contributed by atoms with E-state index in [1.165, 1.54) is 0 Å². The lowest BCUT2D eigenvalue weighted by molar-refractivity contribution is 0.0376. The molecule has 0 atom stereocenters. The van der Waals surface area contributed by atoms with Crippen LogP contribution in [0.15, 0.2) is 42.7 Å². The first-order chi connectivity index (χ1) is 13.4. The zero-order valence-corrected chi connectivity index (χ0v) is 16.2. The number of carbonyl (C=O) groups is 2. The quantitative estimate of drug-likeness (QED) is 0.656. The smallest absolute Gasteiger partial charge is 0.340 e. The van der Waals surface area contributed by atoms with Gasteiger partial charge in [0, 0.05) is 11.3 Å². The molecule has 3 aromatic rings. The lowest BCUT2D eigenvalue weighted by Crippen LogP contribution is -2.15. The normalized spacial score (nSPS) is 10.8. The second-order valence-corrected chi connectivity index (χ2v) is 6.69. The molecular formula is C21H22N4O3. The Morgan fingerprint density at radius 3 is 2.32 bits per heavy atom. The highest BCUT2D eigenvalue weighted by atomic mass is 16.5. The highest BCUT2D eigenvalue weighted by Gasteiger charge is 2.23. The van der Waals surface area contributed by atoms with Gasteiger partial charge >= 0.3 is 5.97 Å². The number of carbonyl (C=O) groups excluding carboxylic acids is 2. The van der Waals surface area contributed by atoms with Crippen LogP contribution in [-0.2, 0) is 4.74 Å². The van der Waals surface area contributed by atoms with Crippen LogP contribution in [0.2, 0.25) is 0 Å². The molecule has 2 aromatic heterocycles. The van der Waals surface area contributed by atoms with Crippen LogP contribution in [0.5, 0.6) is 0 Å². The van der Waals surface area contributed by atoms with Crippen molar-refractivity contribution >= 4 is 17.6 Å². The van der Waals surface area contributed by atoms with Crippen LogP contribution in [0.25, 0.3) is 11.4 Å². The molecule has 0 fully saturated rings. The van der Waals surface area contributed by atoms with E-state index in [0.29, 0.717) is 34.0 Å². The number of rotatable bonds is 5. The van der Waals surface area contributed by atoms with Crippen molar-refractivity contribution in [2.75, 3.05) is 5.32 Å². The van der Waals surface area contributed by atoms with Gasteiger partial charge < -0.3 is 15.0 Å². The fourth-order valence-electron chi connectivity index (χ4n) is 2.88. The lowest BCUT2D eigenvalue weighted by atomic mass is 10.1. The average molecular weight is 378 g/mol. The number of nitrogens with zero attached hydrogens (tertiary/aromatic N) is 2. The zero-order valence-electron chi connectivity index (χ0n) is 16.2. The Morgan fingerprint density at radius 1 is 1.07 bits per heavy atom. The van der Waals surface area contributed by atoms with Crippen LogP contribution < -0.4 is 5.32 Å². The molecule has 3 rings (SSSR count). The van der Waals surface area contributed by atoms with E-state index in [9.17, 15) is 9.59 Å². The first-order valence-corrected chi connectivity index (χ1v) is 8.95. The Bertz CT molecular complexity index is 992. The van der Waals surface area contributed by atoms with Gasteiger partial charge in [-0.05, 0) is 33.3 Å². The summed E-state index contributed by atoms with van der Waals surface area (Å²) in [5.74, 6) is -0.250. The number of ether oxygens (including phenoxy) is 1. The molecule has 0 aliphatic heterocycles. The molecule has 2 N–H and O–H groups in total. The minimum atomic E-state index is -0.448. The minimum Gasteiger partial charge on any atom is -0.459 e. The number of benzene rings is 1. The number of nitrogens with one attached hydrogen (secondary N) is 2. The van der Waals surface area contributed by atoms with E-state index < -0.39 is 5.97 Å². The Kier molecular flexibility index (Phi) is 5.54. The number of esters is 1. The van der Waals surface area contributed by atoms with Crippen LogP contribution in [-0.4, -0.2) is 32.9 Å². The van der Waals surface area contributed by atoms with E-state index in [1.54, 1.807) is 40.1 Å². The fourth-order valence-corrected chi connectivity index (χ4v) is 2.88. The molecule has 144 valence electrons. The number of hydrogen-bond donors (Lipinski definition) is 2. The van der Waals surface area contributed by atoms with Crippen molar-refractivity contribution in [3.63, 3.8) is 0 Å². The molecule has 2 heterocycles. The average Bonchev–Trinajstić information content (AvgIpc) is 2.97. The van der Waals surface area contributed by atoms with E-state index >= 15 is 0 Å². The summed E-state index contributed by atoms with van der Waals surface area (Å²) < 4.78 is 5.25. The van der Waals surface area contributed by atoms with Crippen molar-refractivity contribution in [1.29, 1.82) is 0 Å². The van der Waals surface area contributed by atoms with E-state index in [-0.39, 0.29) is 12.0 Å². The molecule has 0 saturated carbocycles. The van der Waals surface area contributed by atoms with Crippen LogP contribution in [0, 0.1) is 13.8 Å². The van der Waals surface area contributed by atoms with Gasteiger partial charge in [0.1, 0.15) is 5.69 Å². The molecule has 0 unspecified atom stereocenters. The first-order valence-electron chi connectivity index (χ1n) is 8.95. The maximum absolute atomic E-state index is 12.7. The summed E-state index contributed by atoms with van der Waals surface area (Å²) in [5.41, 5.74) is 3.17. The van der Waals surface area contributed by atoms with E-state index in [2.05, 4.69) is 20.3 Å². The van der Waals surface area contributed by atoms with Crippen molar-refractivity contribution in [3.05, 3.63) is 65.2 Å². The number of hydrogen-bond acceptors (Lipinski definition) is 5. The third-order valence-corrected chi connectivity index (χ3v) is 4.15. The van der Waals surface area contributed by atoms with Gasteiger partial charge in [-0.15, -0.1) is 0 Å². The van der Waals surface area contributed by atoms with Gasteiger partial charge in [-0.2, -0.15) is 0 Å². The van der Waals surface area contributed by atoms with Gasteiger partial charge in [0.25, 0.3) is 5.91 Å². The molecule has 0 radical (unpaired) electrons. The van der Waals surface area contributed by atoms with Gasteiger partial charge in [0.05, 0.1) is 29.7 Å². The van der Waals surface area contributed by atoms with Gasteiger partial charge in [-0.3, -0.25) is 4.79 Å². The third-order valence-electron chi connectivity index (χ3n) is 4.15. The fraction of sp³-hybridized carbons (Fsp3) is 0.238. The van der Waals surface area contributed by atoms with Crippen molar-refractivity contribution < 1.29 is 14.3 Å². The van der Waals surface area contributed by atoms with E-state index in [4.69, 9.17) is 4.74 Å². The second kappa shape index (κ2) is 8.04. The predicted octanol–water partition coefficient (Wildman–Crippen LogP) is 3.91. The molecule has 0 bridgehead atoms. The number of anilines is 1. The SMILES string of the molecule is Cc1[nH]c(C(=O)Nc2cnc(-c3ccccc3)nc2)c(C)c1C(=O)OC(C)C. The highest BCUT2D eigenvalue weighted by molar-refractivity contribution is 6.06. The first kappa shape index (κ1) is 19.3. The summed E-state index contributed by atoms with van der Waals surface area (Å²) in [6, 6.07) is 9.57. The van der Waals surface area contributed by atoms with Gasteiger partial charge in [-0.25, -0.2) is 14.8 Å². The standard InChI is InChI=1S/C21H22N4O3/c1-12(2)28-21(27)17-13(3)18(24-14(17)4)20(26)25-16-10-22-19(23-11-16)15-8-6-5-7-9-15/h5-12,24H,1-4H3,(H,25,26). The molecule has 7 nitrogen and oxygen atoms in total. The highest BCUT2D eigenvalue weighted by Crippen LogP contribution is 2.21. The molecule has 1 amide bonds. The van der Waals surface area contributed by atoms with Crippen LogP contribution in [0.1, 0.15) is 46.0 Å². The summed E-state index contributed by atoms with van der Waals surface area (Å²) in [6.45, 7) is 7.01. The Balaban J connectivity index is 1.77. The molecule has 28 heavy (non-hydrogen) atoms. The van der Waals surface area contributed by atoms with Crippen molar-refractivity contribution in [2.45, 2.75) is 33.8 Å². The van der Waals surface area contributed by atoms with Crippen molar-refractivity contribution in [3.8, 4) is 11.4 Å². The van der Waals surface area contributed by atoms with E-state index in [0.717, 1.165) is 5.56 Å². The molecular weight excluding hydrogens is 356 g/mol. The summed E-state index contributed by atoms with van der Waals surface area (Å²) in [5, 5.41) is 2.75. The summed E-state index contributed by atoms with van der Waals surface area (Å²) >= 11 is 0. The number of aryl methyl sites for hydroxylation is 1. The van der Waals surface area contributed by atoms with Gasteiger partial charge in [0.2, 0.25) is 0 Å². The monoisotopic (exact) mass is 378 g/mol. The summed E-state index contributed by atoms with van der Waals surface area (Å²) in [6.07, 6.45) is 2.86. The Hall–Kier alpha value is -3.48. The van der Waals surface area contributed by atoms with Crippen molar-refractivity contribution in [2.24, 2.45) is 0 Å². The van der Waals surface area contributed by atoms with Crippen LogP contribution in [0.4, 0.5) is 5.69 Å². The molecule has 0 aliphatic rings. The van der Waals surface area contributed by atoms with E-state index in [1.807, 2.05) is 30.3 Å². The molecule has 0 aliphatic carbocycles. The molecule has 0 spiro atoms. The van der Waals surface area contributed by atoms with Crippen LogP contribution >= 0.6 is 0 Å². The van der Waals surface area contributed by atoms with Crippen LogP contribution in [0.3, 0.4) is 0 Å². The number of amides is 1. The van der Waals surface area contributed by atoms with Gasteiger partial charge in [-0.1, -0.05) is 30.3 Å². The number of H-pyrrole nitrogens is 1. The Labute approximate surface area is 163 Å². The second-order valence-electron chi connectivity index (χ2n) is 6.69. The summed E-state index contributed by atoms with van der Waals surface area (Å²) in [7, 11) is 0.